The van der Waals surface area contributed by atoms with Crippen molar-refractivity contribution in [1.29, 1.82) is 0 Å². The van der Waals surface area contributed by atoms with E-state index in [9.17, 15) is 19.5 Å². The van der Waals surface area contributed by atoms with Crippen LogP contribution in [0.3, 0.4) is 0 Å². The third kappa shape index (κ3) is 2.75. The number of aliphatic carboxylic acids is 1. The summed E-state index contributed by atoms with van der Waals surface area (Å²) in [6.07, 6.45) is 9.78. The number of fused-ring (bicyclic) bond motifs is 7. The second-order valence-electron chi connectivity index (χ2n) is 14.7. The van der Waals surface area contributed by atoms with Crippen molar-refractivity contribution in [3.63, 3.8) is 0 Å². The van der Waals surface area contributed by atoms with Crippen LogP contribution in [0.15, 0.2) is 11.6 Å². The normalized spacial score (nSPS) is 52.0. The predicted molar refractivity (Wildman–Crippen MR) is 132 cm³/mol. The summed E-state index contributed by atoms with van der Waals surface area (Å²) >= 11 is 0. The van der Waals surface area contributed by atoms with Gasteiger partial charge >= 0.3 is 5.97 Å². The summed E-state index contributed by atoms with van der Waals surface area (Å²) in [4.78, 5) is 39.3. The fourth-order valence-corrected chi connectivity index (χ4v) is 10.2. The van der Waals surface area contributed by atoms with E-state index in [0.717, 1.165) is 44.9 Å². The molecule has 4 saturated carbocycles. The van der Waals surface area contributed by atoms with Crippen molar-refractivity contribution in [1.82, 2.24) is 0 Å². The van der Waals surface area contributed by atoms with Crippen molar-refractivity contribution in [3.05, 3.63) is 11.6 Å². The van der Waals surface area contributed by atoms with Gasteiger partial charge < -0.3 is 5.11 Å². The third-order valence-electron chi connectivity index (χ3n) is 12.8. The predicted octanol–water partition coefficient (Wildman–Crippen LogP) is 6.62. The zero-order chi connectivity index (χ0) is 25.1. The van der Waals surface area contributed by atoms with Crippen molar-refractivity contribution in [2.75, 3.05) is 0 Å². The monoisotopic (exact) mass is 468 g/mol. The Morgan fingerprint density at radius 1 is 0.912 bits per heavy atom. The molecule has 188 valence electrons. The van der Waals surface area contributed by atoms with E-state index in [0.29, 0.717) is 18.6 Å². The Kier molecular flexibility index (Phi) is 4.89. The van der Waals surface area contributed by atoms with Gasteiger partial charge in [-0.1, -0.05) is 47.1 Å². The minimum absolute atomic E-state index is 0.0707. The van der Waals surface area contributed by atoms with E-state index in [4.69, 9.17) is 0 Å². The number of hydrogen-bond donors (Lipinski definition) is 1. The van der Waals surface area contributed by atoms with E-state index in [1.807, 2.05) is 13.0 Å². The molecular weight excluding hydrogens is 424 g/mol. The highest BCUT2D eigenvalue weighted by Gasteiger charge is 2.70. The van der Waals surface area contributed by atoms with Crippen molar-refractivity contribution < 1.29 is 19.5 Å². The molecule has 0 aromatic carbocycles. The molecule has 0 aromatic rings. The van der Waals surface area contributed by atoms with E-state index in [2.05, 4.69) is 41.5 Å². The maximum atomic E-state index is 14.2. The minimum atomic E-state index is -0.721. The number of rotatable bonds is 1. The first kappa shape index (κ1) is 24.3. The fourth-order valence-electron chi connectivity index (χ4n) is 10.2. The molecule has 0 aliphatic heterocycles. The maximum Gasteiger partial charge on any atom is 0.309 e. The van der Waals surface area contributed by atoms with E-state index in [-0.39, 0.29) is 50.6 Å². The van der Waals surface area contributed by atoms with Crippen molar-refractivity contribution in [2.45, 2.75) is 106 Å². The summed E-state index contributed by atoms with van der Waals surface area (Å²) in [5.41, 5.74) is -0.205. The van der Waals surface area contributed by atoms with Crippen LogP contribution in [0.4, 0.5) is 0 Å². The number of hydrogen-bond acceptors (Lipinski definition) is 3. The van der Waals surface area contributed by atoms with Gasteiger partial charge in [-0.3, -0.25) is 14.4 Å². The molecule has 4 nitrogen and oxygen atoms in total. The Morgan fingerprint density at radius 3 is 2.21 bits per heavy atom. The molecule has 5 aliphatic carbocycles. The Morgan fingerprint density at radius 2 is 1.56 bits per heavy atom. The molecule has 0 amide bonds. The largest absolute Gasteiger partial charge is 0.481 e. The second kappa shape index (κ2) is 6.85. The highest BCUT2D eigenvalue weighted by molar-refractivity contribution is 5.96. The number of carboxylic acid groups (broad SMARTS) is 1. The first-order valence-corrected chi connectivity index (χ1v) is 13.6. The lowest BCUT2D eigenvalue weighted by Gasteiger charge is -2.69. The van der Waals surface area contributed by atoms with Crippen LogP contribution in [0.2, 0.25) is 0 Å². The molecule has 1 N–H and O–H groups in total. The zero-order valence-electron chi connectivity index (χ0n) is 22.3. The van der Waals surface area contributed by atoms with Crippen LogP contribution in [-0.4, -0.2) is 22.6 Å². The molecule has 8 atom stereocenters. The van der Waals surface area contributed by atoms with Gasteiger partial charge in [0, 0.05) is 17.8 Å². The Bertz CT molecular complexity index is 1010. The molecular formula is C30H44O4. The summed E-state index contributed by atoms with van der Waals surface area (Å²) in [5, 5.41) is 10.0. The lowest BCUT2D eigenvalue weighted by Crippen LogP contribution is -2.66. The average Bonchev–Trinajstić information content (AvgIpc) is 2.73. The van der Waals surface area contributed by atoms with E-state index in [1.54, 1.807) is 0 Å². The molecule has 4 fully saturated rings. The van der Waals surface area contributed by atoms with Gasteiger partial charge in [0.15, 0.2) is 5.78 Å². The van der Waals surface area contributed by atoms with Crippen molar-refractivity contribution in [3.8, 4) is 0 Å². The summed E-state index contributed by atoms with van der Waals surface area (Å²) < 4.78 is 0. The molecule has 0 radical (unpaired) electrons. The van der Waals surface area contributed by atoms with E-state index in [1.165, 1.54) is 5.57 Å². The van der Waals surface area contributed by atoms with Crippen LogP contribution in [0.5, 0.6) is 0 Å². The standard InChI is InChI=1S/C30H44O4/c1-25(2)21-8-11-30(7)23(28(21,5)10-9-22(25)32)20(31)16-18-19-17-27(4,24(33)34)13-12-26(19,3)14-15-29(18,30)6/h16,19,21,23H,8-15,17H2,1-7H3,(H,33,34)/t19-,21-,23+,26+,27?,28-,29+,30+/m0/s1. The summed E-state index contributed by atoms with van der Waals surface area (Å²) in [6.45, 7) is 15.5. The minimum Gasteiger partial charge on any atom is -0.481 e. The fraction of sp³-hybridized carbons (Fsp3) is 0.833. The number of carbonyl (C=O) groups is 3. The first-order valence-electron chi connectivity index (χ1n) is 13.6. The molecule has 5 aliphatic rings. The topological polar surface area (TPSA) is 71.4 Å². The van der Waals surface area contributed by atoms with Gasteiger partial charge in [0.25, 0.3) is 0 Å². The van der Waals surface area contributed by atoms with Gasteiger partial charge in [0.2, 0.25) is 0 Å². The van der Waals surface area contributed by atoms with Gasteiger partial charge in [-0.05, 0) is 97.9 Å². The molecule has 0 saturated heterocycles. The van der Waals surface area contributed by atoms with Crippen LogP contribution in [-0.2, 0) is 14.4 Å². The van der Waals surface area contributed by atoms with Gasteiger partial charge in [0.1, 0.15) is 5.78 Å². The molecule has 0 spiro atoms. The smallest absolute Gasteiger partial charge is 0.309 e. The van der Waals surface area contributed by atoms with Crippen molar-refractivity contribution >= 4 is 17.5 Å². The average molecular weight is 469 g/mol. The molecule has 0 aromatic heterocycles. The zero-order valence-corrected chi connectivity index (χ0v) is 22.3. The molecule has 0 bridgehead atoms. The maximum absolute atomic E-state index is 14.2. The molecule has 1 unspecified atom stereocenters. The molecule has 0 heterocycles. The highest BCUT2D eigenvalue weighted by Crippen LogP contribution is 2.74. The van der Waals surface area contributed by atoms with Gasteiger partial charge in [-0.15, -0.1) is 0 Å². The summed E-state index contributed by atoms with van der Waals surface area (Å²) in [6, 6.07) is 0. The van der Waals surface area contributed by atoms with Crippen LogP contribution in [0.25, 0.3) is 0 Å². The molecule has 4 heteroatoms. The SMILES string of the molecule is CC1(C(=O)O)CC[C@]2(C)CC[C@]3(C)C(=CC(=O)[C@@H]4[C@@]5(C)CCC(=O)C(C)(C)[C@@H]5CC[C@]43C)[C@@H]2C1. The van der Waals surface area contributed by atoms with Crippen LogP contribution in [0, 0.1) is 50.2 Å². The van der Waals surface area contributed by atoms with Gasteiger partial charge in [0.05, 0.1) is 5.41 Å². The summed E-state index contributed by atoms with van der Waals surface area (Å²) in [5.74, 6) is 0.222. The second-order valence-corrected chi connectivity index (χ2v) is 14.7. The lowest BCUT2D eigenvalue weighted by atomic mass is 9.33. The Balaban J connectivity index is 1.63. The van der Waals surface area contributed by atoms with Crippen LogP contribution >= 0.6 is 0 Å². The number of allylic oxidation sites excluding steroid dienone is 2. The number of carboxylic acids is 1. The number of ketones is 2. The van der Waals surface area contributed by atoms with Crippen molar-refractivity contribution in [2.24, 2.45) is 50.2 Å². The lowest BCUT2D eigenvalue weighted by molar-refractivity contribution is -0.188. The quantitative estimate of drug-likeness (QED) is 0.469. The molecule has 5 rings (SSSR count). The van der Waals surface area contributed by atoms with Crippen LogP contribution < -0.4 is 0 Å². The number of carbonyl (C=O) groups excluding carboxylic acids is 2. The van der Waals surface area contributed by atoms with E-state index >= 15 is 0 Å². The van der Waals surface area contributed by atoms with Crippen LogP contribution in [0.1, 0.15) is 106 Å². The first-order chi connectivity index (χ1) is 15.6. The number of Topliss-reactive ketones (excluding diaryl/α,β-unsaturated/α-hetero) is 1. The Hall–Kier alpha value is -1.45. The van der Waals surface area contributed by atoms with E-state index < -0.39 is 11.4 Å². The molecule has 34 heavy (non-hydrogen) atoms. The Labute approximate surface area is 205 Å². The van der Waals surface area contributed by atoms with Gasteiger partial charge in [-0.25, -0.2) is 0 Å². The van der Waals surface area contributed by atoms with Gasteiger partial charge in [-0.2, -0.15) is 0 Å². The highest BCUT2D eigenvalue weighted by atomic mass is 16.4. The summed E-state index contributed by atoms with van der Waals surface area (Å²) in [7, 11) is 0. The third-order valence-corrected chi connectivity index (χ3v) is 12.8.